The van der Waals surface area contributed by atoms with Crippen molar-refractivity contribution in [3.8, 4) is 0 Å². The first kappa shape index (κ1) is 18.3. The monoisotopic (exact) mass is 327 g/mol. The summed E-state index contributed by atoms with van der Waals surface area (Å²) < 4.78 is 27.4. The third-order valence-corrected chi connectivity index (χ3v) is 5.20. The maximum Gasteiger partial charge on any atom is 0.244 e. The van der Waals surface area contributed by atoms with Crippen LogP contribution in [-0.2, 0) is 14.8 Å². The summed E-state index contributed by atoms with van der Waals surface area (Å²) in [6.07, 6.45) is 0. The van der Waals surface area contributed by atoms with Crippen molar-refractivity contribution in [3.63, 3.8) is 0 Å². The zero-order chi connectivity index (χ0) is 17.1. The maximum atomic E-state index is 12.4. The van der Waals surface area contributed by atoms with Crippen LogP contribution in [0.5, 0.6) is 0 Å². The van der Waals surface area contributed by atoms with Gasteiger partial charge in [-0.2, -0.15) is 0 Å². The molecule has 7 heteroatoms. The summed E-state index contributed by atoms with van der Waals surface area (Å²) >= 11 is 0. The molecule has 1 aromatic rings. The molecule has 0 spiro atoms. The Morgan fingerprint density at radius 2 is 1.64 bits per heavy atom. The Morgan fingerprint density at radius 1 is 1.09 bits per heavy atom. The highest BCUT2D eigenvalue weighted by molar-refractivity contribution is 7.94. The highest BCUT2D eigenvalue weighted by atomic mass is 32.2. The van der Waals surface area contributed by atoms with Crippen molar-refractivity contribution in [2.75, 3.05) is 30.8 Å². The smallest absolute Gasteiger partial charge is 0.244 e. The second kappa shape index (κ2) is 7.00. The Hall–Kier alpha value is -1.76. The molecule has 1 aromatic carbocycles. The summed E-state index contributed by atoms with van der Waals surface area (Å²) in [6.45, 7) is 5.42. The number of hydrogen-bond donors (Lipinski definition) is 1. The van der Waals surface area contributed by atoms with E-state index in [-0.39, 0.29) is 6.04 Å². The fraction of sp³-hybridized carbons (Fsp3) is 0.533. The van der Waals surface area contributed by atoms with Gasteiger partial charge in [0.2, 0.25) is 15.9 Å². The first-order chi connectivity index (χ1) is 10.1. The summed E-state index contributed by atoms with van der Waals surface area (Å²) in [6, 6.07) is 7.36. The molecule has 0 aliphatic rings. The summed E-state index contributed by atoms with van der Waals surface area (Å²) in [5.41, 5.74) is 1.24. The number of nitrogens with one attached hydrogen (secondary N) is 1. The van der Waals surface area contributed by atoms with Crippen molar-refractivity contribution in [3.05, 3.63) is 24.3 Å². The minimum atomic E-state index is -3.81. The van der Waals surface area contributed by atoms with Gasteiger partial charge < -0.3 is 9.80 Å². The van der Waals surface area contributed by atoms with Gasteiger partial charge in [0.05, 0.1) is 11.4 Å². The van der Waals surface area contributed by atoms with E-state index in [9.17, 15) is 13.2 Å². The van der Waals surface area contributed by atoms with Crippen molar-refractivity contribution in [2.45, 2.75) is 32.1 Å². The fourth-order valence-corrected chi connectivity index (χ4v) is 3.02. The van der Waals surface area contributed by atoms with E-state index in [2.05, 4.69) is 4.72 Å². The molecule has 0 saturated heterocycles. The van der Waals surface area contributed by atoms with Crippen molar-refractivity contribution < 1.29 is 13.2 Å². The molecule has 1 rings (SSSR count). The van der Waals surface area contributed by atoms with Gasteiger partial charge in [0, 0.05) is 27.2 Å². The molecule has 0 bridgehead atoms. The van der Waals surface area contributed by atoms with Crippen LogP contribution < -0.4 is 9.62 Å². The number of sulfonamides is 1. The quantitative estimate of drug-likeness (QED) is 0.864. The topological polar surface area (TPSA) is 69.7 Å². The average Bonchev–Trinajstić information content (AvgIpc) is 2.44. The van der Waals surface area contributed by atoms with Crippen LogP contribution in [0.15, 0.2) is 24.3 Å². The maximum absolute atomic E-state index is 12.4. The first-order valence-corrected chi connectivity index (χ1v) is 8.67. The van der Waals surface area contributed by atoms with Gasteiger partial charge in [-0.25, -0.2) is 8.42 Å². The van der Waals surface area contributed by atoms with Gasteiger partial charge in [-0.15, -0.1) is 0 Å². The van der Waals surface area contributed by atoms with Crippen LogP contribution in [0.3, 0.4) is 0 Å². The van der Waals surface area contributed by atoms with Crippen molar-refractivity contribution in [2.24, 2.45) is 0 Å². The highest BCUT2D eigenvalue weighted by Gasteiger charge is 2.30. The van der Waals surface area contributed by atoms with E-state index in [4.69, 9.17) is 0 Å². The van der Waals surface area contributed by atoms with E-state index in [0.717, 1.165) is 5.69 Å². The second-order valence-electron chi connectivity index (χ2n) is 5.74. The molecule has 0 heterocycles. The summed E-state index contributed by atoms with van der Waals surface area (Å²) in [7, 11) is 1.16. The molecular formula is C15H25N3O3S. The van der Waals surface area contributed by atoms with E-state index in [1.807, 2.05) is 37.9 Å². The lowest BCUT2D eigenvalue weighted by Gasteiger charge is -2.27. The molecular weight excluding hydrogens is 302 g/mol. The van der Waals surface area contributed by atoms with Gasteiger partial charge in [0.15, 0.2) is 5.25 Å². The molecule has 1 N–H and O–H groups in total. The number of amides is 1. The number of benzene rings is 1. The van der Waals surface area contributed by atoms with Gasteiger partial charge in [0.1, 0.15) is 0 Å². The Bertz CT molecular complexity index is 627. The number of nitrogens with zero attached hydrogens (tertiary/aromatic N) is 2. The lowest BCUT2D eigenvalue weighted by atomic mass is 10.2. The molecule has 0 radical (unpaired) electrons. The number of carbonyl (C=O) groups is 1. The SMILES string of the molecule is CC(C)N(C)c1ccccc1NS(=O)(=O)[C@@H](C)C(=O)N(C)C. The van der Waals surface area contributed by atoms with Crippen LogP contribution in [0.2, 0.25) is 0 Å². The molecule has 0 fully saturated rings. The zero-order valence-corrected chi connectivity index (χ0v) is 14.8. The van der Waals surface area contributed by atoms with E-state index in [0.29, 0.717) is 5.69 Å². The van der Waals surface area contributed by atoms with E-state index >= 15 is 0 Å². The number of anilines is 2. The molecule has 0 unspecified atom stereocenters. The predicted molar refractivity (Wildman–Crippen MR) is 90.7 cm³/mol. The number of para-hydroxylation sites is 2. The van der Waals surface area contributed by atoms with Gasteiger partial charge in [-0.3, -0.25) is 9.52 Å². The molecule has 1 amide bonds. The Balaban J connectivity index is 3.12. The van der Waals surface area contributed by atoms with E-state index in [1.54, 1.807) is 12.1 Å². The van der Waals surface area contributed by atoms with Crippen LogP contribution in [0.25, 0.3) is 0 Å². The Labute approximate surface area is 133 Å². The van der Waals surface area contributed by atoms with E-state index < -0.39 is 21.2 Å². The summed E-state index contributed by atoms with van der Waals surface area (Å²) in [5.74, 6) is -0.456. The number of hydrogen-bond acceptors (Lipinski definition) is 4. The van der Waals surface area contributed by atoms with Crippen molar-refractivity contribution in [1.82, 2.24) is 4.90 Å². The lowest BCUT2D eigenvalue weighted by molar-refractivity contribution is -0.127. The zero-order valence-electron chi connectivity index (χ0n) is 14.0. The molecule has 0 aliphatic heterocycles. The standard InChI is InChI=1S/C15H25N3O3S/c1-11(2)18(6)14-10-8-7-9-13(14)16-22(20,21)12(3)15(19)17(4)5/h7-12,16H,1-6H3/t12-/m0/s1. The van der Waals surface area contributed by atoms with Crippen LogP contribution in [0.1, 0.15) is 20.8 Å². The van der Waals surface area contributed by atoms with E-state index in [1.165, 1.54) is 25.9 Å². The van der Waals surface area contributed by atoms with Crippen LogP contribution in [0.4, 0.5) is 11.4 Å². The minimum Gasteiger partial charge on any atom is -0.370 e. The van der Waals surface area contributed by atoms with Gasteiger partial charge in [0.25, 0.3) is 0 Å². The highest BCUT2D eigenvalue weighted by Crippen LogP contribution is 2.27. The molecule has 0 saturated carbocycles. The molecule has 0 aromatic heterocycles. The Morgan fingerprint density at radius 3 is 2.14 bits per heavy atom. The second-order valence-corrected chi connectivity index (χ2v) is 7.75. The normalized spacial score (nSPS) is 12.9. The largest absolute Gasteiger partial charge is 0.370 e. The van der Waals surface area contributed by atoms with Gasteiger partial charge in [-0.05, 0) is 32.9 Å². The fourth-order valence-electron chi connectivity index (χ4n) is 1.88. The third-order valence-electron chi connectivity index (χ3n) is 3.56. The lowest BCUT2D eigenvalue weighted by Crippen LogP contribution is -2.40. The van der Waals surface area contributed by atoms with Gasteiger partial charge in [-0.1, -0.05) is 12.1 Å². The summed E-state index contributed by atoms with van der Waals surface area (Å²) in [4.78, 5) is 15.1. The van der Waals surface area contributed by atoms with Crippen molar-refractivity contribution >= 4 is 27.3 Å². The Kier molecular flexibility index (Phi) is 5.82. The van der Waals surface area contributed by atoms with Crippen molar-refractivity contribution in [1.29, 1.82) is 0 Å². The predicted octanol–water partition coefficient (Wildman–Crippen LogP) is 1.75. The number of rotatable bonds is 6. The van der Waals surface area contributed by atoms with Crippen LogP contribution >= 0.6 is 0 Å². The van der Waals surface area contributed by atoms with Crippen LogP contribution in [-0.4, -0.2) is 51.7 Å². The minimum absolute atomic E-state index is 0.214. The third kappa shape index (κ3) is 4.13. The molecule has 6 nitrogen and oxygen atoms in total. The molecule has 1 atom stereocenters. The molecule has 22 heavy (non-hydrogen) atoms. The number of carbonyl (C=O) groups excluding carboxylic acids is 1. The average molecular weight is 327 g/mol. The molecule has 124 valence electrons. The molecule has 0 aliphatic carbocycles. The van der Waals surface area contributed by atoms with Crippen LogP contribution in [0, 0.1) is 0 Å². The first-order valence-electron chi connectivity index (χ1n) is 7.12. The summed E-state index contributed by atoms with van der Waals surface area (Å²) in [5, 5.41) is -1.15. The van der Waals surface area contributed by atoms with Gasteiger partial charge >= 0.3 is 0 Å².